The summed E-state index contributed by atoms with van der Waals surface area (Å²) in [5.41, 5.74) is -0.218. The first kappa shape index (κ1) is 11.7. The first-order valence-electron chi connectivity index (χ1n) is 5.33. The molecule has 0 saturated carbocycles. The van der Waals surface area contributed by atoms with E-state index in [-0.39, 0.29) is 11.2 Å². The number of nitrogens with zero attached hydrogens (tertiary/aromatic N) is 1. The molecule has 3 nitrogen and oxygen atoms in total. The highest BCUT2D eigenvalue weighted by Crippen LogP contribution is 2.18. The quantitative estimate of drug-likeness (QED) is 0.686. The van der Waals surface area contributed by atoms with Crippen LogP contribution in [0, 0.1) is 5.41 Å². The minimum Gasteiger partial charge on any atom is -0.380 e. The fraction of sp³-hybridized carbons (Fsp3) is 0.909. The van der Waals surface area contributed by atoms with E-state index in [0.717, 1.165) is 39.3 Å². The lowest BCUT2D eigenvalue weighted by molar-refractivity contribution is -0.125. The van der Waals surface area contributed by atoms with Gasteiger partial charge in [0.05, 0.1) is 6.61 Å². The summed E-state index contributed by atoms with van der Waals surface area (Å²) in [6.07, 6.45) is 1.08. The minimum atomic E-state index is -0.218. The van der Waals surface area contributed by atoms with Crippen LogP contribution in [0.2, 0.25) is 0 Å². The predicted molar refractivity (Wildman–Crippen MR) is 56.3 cm³/mol. The molecule has 0 radical (unpaired) electrons. The zero-order chi connectivity index (χ0) is 10.6. The number of Topliss-reactive ketones (excluding diaryl/α,β-unsaturated/α-hetero) is 1. The van der Waals surface area contributed by atoms with Crippen molar-refractivity contribution in [1.29, 1.82) is 0 Å². The van der Waals surface area contributed by atoms with Gasteiger partial charge in [-0.1, -0.05) is 13.8 Å². The lowest BCUT2D eigenvalue weighted by atomic mass is 9.88. The molecule has 14 heavy (non-hydrogen) atoms. The molecule has 0 amide bonds. The van der Waals surface area contributed by atoms with Crippen molar-refractivity contribution >= 4 is 5.78 Å². The summed E-state index contributed by atoms with van der Waals surface area (Å²) in [6.45, 7) is 10.2. The molecule has 0 N–H and O–H groups in total. The number of rotatable bonds is 3. The maximum atomic E-state index is 11.4. The SMILES string of the molecule is CC(=O)C(C)(C)CN1CCCOCC1. The Balaban J connectivity index is 2.45. The van der Waals surface area contributed by atoms with E-state index < -0.39 is 0 Å². The molecule has 0 aliphatic carbocycles. The number of hydrogen-bond donors (Lipinski definition) is 0. The van der Waals surface area contributed by atoms with Crippen molar-refractivity contribution in [2.45, 2.75) is 27.2 Å². The molecule has 0 bridgehead atoms. The van der Waals surface area contributed by atoms with Crippen LogP contribution in [0.25, 0.3) is 0 Å². The number of carbonyl (C=O) groups excluding carboxylic acids is 1. The van der Waals surface area contributed by atoms with E-state index >= 15 is 0 Å². The Bertz CT molecular complexity index is 193. The third kappa shape index (κ3) is 3.39. The van der Waals surface area contributed by atoms with Crippen LogP contribution in [0.15, 0.2) is 0 Å². The Morgan fingerprint density at radius 3 is 2.71 bits per heavy atom. The second-order valence-electron chi connectivity index (χ2n) is 4.68. The second kappa shape index (κ2) is 4.89. The van der Waals surface area contributed by atoms with E-state index in [0.29, 0.717) is 0 Å². The molecule has 0 aromatic rings. The van der Waals surface area contributed by atoms with Crippen LogP contribution in [0.5, 0.6) is 0 Å². The molecule has 0 unspecified atom stereocenters. The Labute approximate surface area is 86.4 Å². The van der Waals surface area contributed by atoms with Crippen molar-refractivity contribution < 1.29 is 9.53 Å². The van der Waals surface area contributed by atoms with E-state index in [9.17, 15) is 4.79 Å². The van der Waals surface area contributed by atoms with E-state index in [2.05, 4.69) is 4.90 Å². The highest BCUT2D eigenvalue weighted by Gasteiger charge is 2.26. The van der Waals surface area contributed by atoms with E-state index in [1.165, 1.54) is 0 Å². The number of carbonyl (C=O) groups is 1. The molecular weight excluding hydrogens is 178 g/mol. The van der Waals surface area contributed by atoms with Gasteiger partial charge in [0.15, 0.2) is 0 Å². The Morgan fingerprint density at radius 2 is 2.07 bits per heavy atom. The van der Waals surface area contributed by atoms with Crippen molar-refractivity contribution in [2.75, 3.05) is 32.8 Å². The molecule has 1 fully saturated rings. The van der Waals surface area contributed by atoms with Gasteiger partial charge in [-0.3, -0.25) is 9.69 Å². The summed E-state index contributed by atoms with van der Waals surface area (Å²) >= 11 is 0. The third-order valence-corrected chi connectivity index (χ3v) is 2.89. The molecule has 1 aliphatic heterocycles. The van der Waals surface area contributed by atoms with Crippen molar-refractivity contribution in [3.63, 3.8) is 0 Å². The first-order valence-corrected chi connectivity index (χ1v) is 5.33. The zero-order valence-corrected chi connectivity index (χ0v) is 9.51. The monoisotopic (exact) mass is 199 g/mol. The molecule has 0 aromatic carbocycles. The van der Waals surface area contributed by atoms with Gasteiger partial charge in [-0.2, -0.15) is 0 Å². The van der Waals surface area contributed by atoms with Gasteiger partial charge in [-0.25, -0.2) is 0 Å². The average molecular weight is 199 g/mol. The first-order chi connectivity index (χ1) is 6.52. The predicted octanol–water partition coefficient (Wildman–Crippen LogP) is 1.32. The van der Waals surface area contributed by atoms with Crippen LogP contribution < -0.4 is 0 Å². The molecule has 0 spiro atoms. The van der Waals surface area contributed by atoms with Crippen LogP contribution in [-0.2, 0) is 9.53 Å². The van der Waals surface area contributed by atoms with Gasteiger partial charge in [-0.05, 0) is 13.3 Å². The van der Waals surface area contributed by atoms with Gasteiger partial charge in [-0.15, -0.1) is 0 Å². The molecule has 3 heteroatoms. The van der Waals surface area contributed by atoms with Gasteiger partial charge < -0.3 is 4.74 Å². The number of hydrogen-bond acceptors (Lipinski definition) is 3. The average Bonchev–Trinajstić information content (AvgIpc) is 2.32. The lowest BCUT2D eigenvalue weighted by Crippen LogP contribution is -2.39. The van der Waals surface area contributed by atoms with Gasteiger partial charge in [0, 0.05) is 31.7 Å². The summed E-state index contributed by atoms with van der Waals surface area (Å²) in [5, 5.41) is 0. The molecule has 0 aromatic heterocycles. The van der Waals surface area contributed by atoms with Crippen LogP contribution in [0.1, 0.15) is 27.2 Å². The van der Waals surface area contributed by atoms with E-state index in [4.69, 9.17) is 4.74 Å². The molecular formula is C11H21NO2. The topological polar surface area (TPSA) is 29.5 Å². The third-order valence-electron chi connectivity index (χ3n) is 2.89. The lowest BCUT2D eigenvalue weighted by Gasteiger charge is -2.29. The molecule has 0 atom stereocenters. The van der Waals surface area contributed by atoms with Crippen molar-refractivity contribution in [3.8, 4) is 0 Å². The summed E-state index contributed by atoms with van der Waals surface area (Å²) in [6, 6.07) is 0. The molecule has 1 heterocycles. The maximum absolute atomic E-state index is 11.4. The molecule has 1 saturated heterocycles. The fourth-order valence-electron chi connectivity index (χ4n) is 1.63. The minimum absolute atomic E-state index is 0.218. The fourth-order valence-corrected chi connectivity index (χ4v) is 1.63. The second-order valence-corrected chi connectivity index (χ2v) is 4.68. The Morgan fingerprint density at radius 1 is 1.36 bits per heavy atom. The number of ether oxygens (including phenoxy) is 1. The van der Waals surface area contributed by atoms with Gasteiger partial charge in [0.2, 0.25) is 0 Å². The van der Waals surface area contributed by atoms with Crippen LogP contribution in [0.3, 0.4) is 0 Å². The van der Waals surface area contributed by atoms with Crippen LogP contribution >= 0.6 is 0 Å². The van der Waals surface area contributed by atoms with Crippen molar-refractivity contribution in [2.24, 2.45) is 5.41 Å². The smallest absolute Gasteiger partial charge is 0.136 e. The van der Waals surface area contributed by atoms with E-state index in [1.54, 1.807) is 6.92 Å². The molecule has 1 aliphatic rings. The summed E-state index contributed by atoms with van der Waals surface area (Å²) < 4.78 is 5.37. The normalized spacial score (nSPS) is 20.5. The summed E-state index contributed by atoms with van der Waals surface area (Å²) in [5.74, 6) is 0.266. The Kier molecular flexibility index (Phi) is 4.08. The highest BCUT2D eigenvalue weighted by atomic mass is 16.5. The van der Waals surface area contributed by atoms with E-state index in [1.807, 2.05) is 13.8 Å². The van der Waals surface area contributed by atoms with Gasteiger partial charge in [0.25, 0.3) is 0 Å². The number of ketones is 1. The van der Waals surface area contributed by atoms with Crippen LogP contribution in [0.4, 0.5) is 0 Å². The summed E-state index contributed by atoms with van der Waals surface area (Å²) in [7, 11) is 0. The van der Waals surface area contributed by atoms with Crippen molar-refractivity contribution in [3.05, 3.63) is 0 Å². The maximum Gasteiger partial charge on any atom is 0.136 e. The largest absolute Gasteiger partial charge is 0.380 e. The highest BCUT2D eigenvalue weighted by molar-refractivity contribution is 5.81. The van der Waals surface area contributed by atoms with Gasteiger partial charge >= 0.3 is 0 Å². The standard InChI is InChI=1S/C11H21NO2/c1-10(13)11(2,3)9-12-5-4-7-14-8-6-12/h4-9H2,1-3H3. The molecule has 1 rings (SSSR count). The van der Waals surface area contributed by atoms with Crippen molar-refractivity contribution in [1.82, 2.24) is 4.90 Å². The summed E-state index contributed by atoms with van der Waals surface area (Å²) in [4.78, 5) is 13.7. The molecule has 82 valence electrons. The van der Waals surface area contributed by atoms with Crippen LogP contribution in [-0.4, -0.2) is 43.5 Å². The zero-order valence-electron chi connectivity index (χ0n) is 9.51. The Hall–Kier alpha value is -0.410. The van der Waals surface area contributed by atoms with Gasteiger partial charge in [0.1, 0.15) is 5.78 Å².